The Morgan fingerprint density at radius 1 is 1.05 bits per heavy atom. The molecular formula is C29H36N6O3. The number of hydrogen-bond acceptors (Lipinski definition) is 7. The number of rotatable bonds is 6. The van der Waals surface area contributed by atoms with Crippen molar-refractivity contribution in [1.29, 1.82) is 0 Å². The maximum Gasteiger partial charge on any atom is 0.339 e. The first-order chi connectivity index (χ1) is 18.3. The molecule has 0 N–H and O–H groups in total. The standard InChI is InChI=1S/C29H36N6O3/c1-20(2)38-29(37)23-10-11-27(30-14-23)33-15-21(3)34(22(4)16-33)19-28(36)32-13-12-26-24(17-32)18-35(31-26)25-8-6-5-7-9-25/h5-11,14,18,20-22H,12-13,15-17,19H2,1-4H3. The van der Waals surface area contributed by atoms with Gasteiger partial charge in [0.15, 0.2) is 0 Å². The summed E-state index contributed by atoms with van der Waals surface area (Å²) in [7, 11) is 0. The minimum Gasteiger partial charge on any atom is -0.459 e. The zero-order chi connectivity index (χ0) is 26.8. The second-order valence-corrected chi connectivity index (χ2v) is 10.6. The fourth-order valence-electron chi connectivity index (χ4n) is 5.33. The van der Waals surface area contributed by atoms with Gasteiger partial charge < -0.3 is 14.5 Å². The lowest BCUT2D eigenvalue weighted by Gasteiger charge is -2.45. The summed E-state index contributed by atoms with van der Waals surface area (Å²) < 4.78 is 7.17. The van der Waals surface area contributed by atoms with Crippen LogP contribution in [0.4, 0.5) is 5.82 Å². The number of ether oxygens (including phenoxy) is 1. The predicted octanol–water partition coefficient (Wildman–Crippen LogP) is 3.32. The van der Waals surface area contributed by atoms with Gasteiger partial charge in [-0.3, -0.25) is 9.69 Å². The van der Waals surface area contributed by atoms with Crippen molar-refractivity contribution < 1.29 is 14.3 Å². The monoisotopic (exact) mass is 516 g/mol. The van der Waals surface area contributed by atoms with Crippen LogP contribution in [0.25, 0.3) is 5.69 Å². The molecule has 0 saturated carbocycles. The quantitative estimate of drug-likeness (QED) is 0.465. The molecule has 0 radical (unpaired) electrons. The van der Waals surface area contributed by atoms with Crippen LogP contribution < -0.4 is 4.90 Å². The van der Waals surface area contributed by atoms with Crippen LogP contribution in [-0.4, -0.2) is 80.8 Å². The third-order valence-corrected chi connectivity index (χ3v) is 7.30. The Morgan fingerprint density at radius 3 is 2.45 bits per heavy atom. The van der Waals surface area contributed by atoms with Crippen LogP contribution >= 0.6 is 0 Å². The number of fused-ring (bicyclic) bond motifs is 1. The molecule has 2 aliphatic rings. The molecule has 5 rings (SSSR count). The summed E-state index contributed by atoms with van der Waals surface area (Å²) in [6.07, 6.45) is 4.23. The number of amides is 1. The second-order valence-electron chi connectivity index (χ2n) is 10.6. The number of carbonyl (C=O) groups is 2. The summed E-state index contributed by atoms with van der Waals surface area (Å²) in [5.41, 5.74) is 3.67. The fraction of sp³-hybridized carbons (Fsp3) is 0.448. The van der Waals surface area contributed by atoms with Crippen molar-refractivity contribution in [1.82, 2.24) is 24.6 Å². The van der Waals surface area contributed by atoms with E-state index < -0.39 is 0 Å². The van der Waals surface area contributed by atoms with Crippen LogP contribution in [0.2, 0.25) is 0 Å². The largest absolute Gasteiger partial charge is 0.459 e. The minimum atomic E-state index is -0.360. The van der Waals surface area contributed by atoms with Crippen molar-refractivity contribution in [3.8, 4) is 5.69 Å². The van der Waals surface area contributed by atoms with E-state index in [1.54, 1.807) is 12.3 Å². The molecule has 2 aliphatic heterocycles. The summed E-state index contributed by atoms with van der Waals surface area (Å²) >= 11 is 0. The number of hydrogen-bond donors (Lipinski definition) is 0. The lowest BCUT2D eigenvalue weighted by molar-refractivity contribution is -0.134. The first-order valence-corrected chi connectivity index (χ1v) is 13.4. The summed E-state index contributed by atoms with van der Waals surface area (Å²) in [6.45, 7) is 11.2. The van der Waals surface area contributed by atoms with Crippen LogP contribution in [0.15, 0.2) is 54.9 Å². The van der Waals surface area contributed by atoms with E-state index in [1.807, 2.05) is 59.8 Å². The molecule has 1 fully saturated rings. The molecule has 1 amide bonds. The summed E-state index contributed by atoms with van der Waals surface area (Å²) in [6, 6.07) is 14.1. The predicted molar refractivity (Wildman–Crippen MR) is 145 cm³/mol. The van der Waals surface area contributed by atoms with Gasteiger partial charge in [0.05, 0.1) is 29.6 Å². The fourth-order valence-corrected chi connectivity index (χ4v) is 5.33. The molecule has 1 aromatic carbocycles. The Morgan fingerprint density at radius 2 is 1.79 bits per heavy atom. The highest BCUT2D eigenvalue weighted by Crippen LogP contribution is 2.24. The van der Waals surface area contributed by atoms with Gasteiger partial charge in [-0.25, -0.2) is 14.5 Å². The topological polar surface area (TPSA) is 83.8 Å². The summed E-state index contributed by atoms with van der Waals surface area (Å²) in [4.78, 5) is 36.5. The zero-order valence-electron chi connectivity index (χ0n) is 22.6. The number of para-hydroxylation sites is 1. The average molecular weight is 517 g/mol. The Bertz CT molecular complexity index is 1260. The Balaban J connectivity index is 1.18. The first-order valence-electron chi connectivity index (χ1n) is 13.4. The number of aromatic nitrogens is 3. The number of carbonyl (C=O) groups excluding carboxylic acids is 2. The van der Waals surface area contributed by atoms with Gasteiger partial charge in [-0.05, 0) is 52.0 Å². The van der Waals surface area contributed by atoms with E-state index in [0.29, 0.717) is 25.2 Å². The SMILES string of the molecule is CC(C)OC(=O)c1ccc(N2CC(C)N(CC(=O)N3CCc4nn(-c5ccccc5)cc4C3)C(C)C2)nc1. The maximum atomic E-state index is 13.4. The summed E-state index contributed by atoms with van der Waals surface area (Å²) in [5, 5.41) is 4.75. The Hall–Kier alpha value is -3.72. The van der Waals surface area contributed by atoms with E-state index in [2.05, 4.69) is 34.8 Å². The zero-order valence-corrected chi connectivity index (χ0v) is 22.6. The number of pyridine rings is 1. The van der Waals surface area contributed by atoms with Crippen molar-refractivity contribution in [2.45, 2.75) is 58.8 Å². The van der Waals surface area contributed by atoms with Crippen molar-refractivity contribution in [3.05, 3.63) is 71.7 Å². The lowest BCUT2D eigenvalue weighted by atomic mass is 10.1. The normalized spacial score (nSPS) is 19.9. The van der Waals surface area contributed by atoms with Crippen molar-refractivity contribution in [2.24, 2.45) is 0 Å². The third-order valence-electron chi connectivity index (χ3n) is 7.30. The highest BCUT2D eigenvalue weighted by molar-refractivity contribution is 5.89. The molecule has 0 bridgehead atoms. The molecule has 38 heavy (non-hydrogen) atoms. The van der Waals surface area contributed by atoms with Crippen molar-refractivity contribution in [3.63, 3.8) is 0 Å². The van der Waals surface area contributed by atoms with Gasteiger partial charge in [0, 0.05) is 62.6 Å². The highest BCUT2D eigenvalue weighted by Gasteiger charge is 2.33. The van der Waals surface area contributed by atoms with Crippen LogP contribution in [0.5, 0.6) is 0 Å². The molecule has 0 spiro atoms. The van der Waals surface area contributed by atoms with Crippen molar-refractivity contribution in [2.75, 3.05) is 31.1 Å². The van der Waals surface area contributed by atoms with Gasteiger partial charge in [0.1, 0.15) is 5.82 Å². The molecule has 1 saturated heterocycles. The van der Waals surface area contributed by atoms with Gasteiger partial charge in [0.2, 0.25) is 5.91 Å². The molecule has 4 heterocycles. The van der Waals surface area contributed by atoms with Crippen LogP contribution in [0.3, 0.4) is 0 Å². The molecule has 9 heteroatoms. The molecule has 3 aromatic rings. The van der Waals surface area contributed by atoms with E-state index in [-0.39, 0.29) is 30.1 Å². The highest BCUT2D eigenvalue weighted by atomic mass is 16.5. The van der Waals surface area contributed by atoms with E-state index in [1.165, 1.54) is 0 Å². The van der Waals surface area contributed by atoms with Gasteiger partial charge in [-0.15, -0.1) is 0 Å². The number of piperazine rings is 1. The molecule has 200 valence electrons. The van der Waals surface area contributed by atoms with Crippen LogP contribution in [-0.2, 0) is 22.5 Å². The number of benzene rings is 1. The van der Waals surface area contributed by atoms with Gasteiger partial charge in [-0.2, -0.15) is 5.10 Å². The smallest absolute Gasteiger partial charge is 0.339 e. The van der Waals surface area contributed by atoms with Crippen molar-refractivity contribution >= 4 is 17.7 Å². The number of nitrogens with zero attached hydrogens (tertiary/aromatic N) is 6. The molecule has 2 unspecified atom stereocenters. The van der Waals surface area contributed by atoms with E-state index in [9.17, 15) is 9.59 Å². The average Bonchev–Trinajstić information content (AvgIpc) is 3.34. The Kier molecular flexibility index (Phi) is 7.46. The molecular weight excluding hydrogens is 480 g/mol. The van der Waals surface area contributed by atoms with Crippen LogP contribution in [0, 0.1) is 0 Å². The molecule has 9 nitrogen and oxygen atoms in total. The van der Waals surface area contributed by atoms with Crippen LogP contribution in [0.1, 0.15) is 49.3 Å². The van der Waals surface area contributed by atoms with Gasteiger partial charge >= 0.3 is 5.97 Å². The molecule has 2 aromatic heterocycles. The number of esters is 1. The van der Waals surface area contributed by atoms with E-state index >= 15 is 0 Å². The van der Waals surface area contributed by atoms with E-state index in [4.69, 9.17) is 9.84 Å². The first kappa shape index (κ1) is 25.9. The van der Waals surface area contributed by atoms with Gasteiger partial charge in [-0.1, -0.05) is 18.2 Å². The second kappa shape index (κ2) is 10.9. The maximum absolute atomic E-state index is 13.4. The molecule has 0 aliphatic carbocycles. The molecule has 2 atom stereocenters. The minimum absolute atomic E-state index is 0.154. The summed E-state index contributed by atoms with van der Waals surface area (Å²) in [5.74, 6) is 0.623. The third kappa shape index (κ3) is 5.57. The Labute approximate surface area is 224 Å². The van der Waals surface area contributed by atoms with E-state index in [0.717, 1.165) is 42.3 Å². The lowest BCUT2D eigenvalue weighted by Crippen LogP contribution is -2.59. The number of anilines is 1. The van der Waals surface area contributed by atoms with Gasteiger partial charge in [0.25, 0.3) is 0 Å².